The van der Waals surface area contributed by atoms with Crippen LogP contribution in [0.25, 0.3) is 0 Å². The van der Waals surface area contributed by atoms with Gasteiger partial charge in [0.2, 0.25) is 5.89 Å². The number of hydrogen-bond acceptors (Lipinski definition) is 4. The smallest absolute Gasteiger partial charge is 0.213 e. The average Bonchev–Trinajstić information content (AvgIpc) is 3.27. The van der Waals surface area contributed by atoms with Crippen LogP contribution in [-0.4, -0.2) is 17.5 Å². The van der Waals surface area contributed by atoms with Gasteiger partial charge < -0.3 is 19.8 Å². The van der Waals surface area contributed by atoms with Crippen LogP contribution in [0, 0.1) is 0 Å². The fourth-order valence-corrected chi connectivity index (χ4v) is 3.09. The Morgan fingerprint density at radius 1 is 0.969 bits per heavy atom. The summed E-state index contributed by atoms with van der Waals surface area (Å²) in [6.07, 6.45) is 1.80. The molecule has 1 heterocycles. The molecule has 0 saturated heterocycles. The Bertz CT molecular complexity index is 990. The van der Waals surface area contributed by atoms with Gasteiger partial charge in [-0.25, -0.2) is 9.98 Å². The molecule has 2 N–H and O–H groups in total. The molecule has 0 saturated carbocycles. The number of aromatic nitrogens is 1. The maximum atomic E-state index is 5.86. The Balaban J connectivity index is 1.53. The van der Waals surface area contributed by atoms with Crippen LogP contribution < -0.4 is 10.6 Å². The van der Waals surface area contributed by atoms with E-state index in [9.17, 15) is 0 Å². The van der Waals surface area contributed by atoms with Gasteiger partial charge in [0, 0.05) is 12.0 Å². The second kappa shape index (κ2) is 11.5. The van der Waals surface area contributed by atoms with Gasteiger partial charge in [-0.15, -0.1) is 0 Å². The van der Waals surface area contributed by atoms with Gasteiger partial charge in [-0.1, -0.05) is 75.4 Å². The van der Waals surface area contributed by atoms with Gasteiger partial charge in [0.05, 0.1) is 32.5 Å². The predicted molar refractivity (Wildman–Crippen MR) is 128 cm³/mol. The first-order valence-electron chi connectivity index (χ1n) is 11.1. The van der Waals surface area contributed by atoms with Crippen molar-refractivity contribution in [3.63, 3.8) is 0 Å². The number of hydrogen-bond donors (Lipinski definition) is 2. The Hall–Kier alpha value is -3.12. The van der Waals surface area contributed by atoms with Gasteiger partial charge in [-0.3, -0.25) is 0 Å². The van der Waals surface area contributed by atoms with E-state index >= 15 is 0 Å². The molecule has 1 aromatic heterocycles. The molecule has 6 nitrogen and oxygen atoms in total. The first kappa shape index (κ1) is 23.5. The molecule has 0 unspecified atom stereocenters. The number of ether oxygens (including phenoxy) is 1. The molecule has 6 heteroatoms. The molecule has 2 aromatic carbocycles. The van der Waals surface area contributed by atoms with Gasteiger partial charge in [0.25, 0.3) is 0 Å². The predicted octanol–water partition coefficient (Wildman–Crippen LogP) is 4.94. The lowest BCUT2D eigenvalue weighted by atomic mass is 9.94. The van der Waals surface area contributed by atoms with E-state index in [2.05, 4.69) is 66.7 Å². The summed E-state index contributed by atoms with van der Waals surface area (Å²) in [5.41, 5.74) is 3.39. The molecule has 0 radical (unpaired) electrons. The van der Waals surface area contributed by atoms with Crippen LogP contribution in [0.5, 0.6) is 0 Å². The summed E-state index contributed by atoms with van der Waals surface area (Å²) in [5, 5.41) is 6.57. The number of rotatable bonds is 9. The second-order valence-electron chi connectivity index (χ2n) is 8.72. The summed E-state index contributed by atoms with van der Waals surface area (Å²) < 4.78 is 11.7. The highest BCUT2D eigenvalue weighted by atomic mass is 16.5. The quantitative estimate of drug-likeness (QED) is 0.368. The van der Waals surface area contributed by atoms with E-state index < -0.39 is 0 Å². The summed E-state index contributed by atoms with van der Waals surface area (Å²) in [4.78, 5) is 9.08. The zero-order chi connectivity index (χ0) is 22.8. The molecule has 0 atom stereocenters. The molecule has 0 amide bonds. The van der Waals surface area contributed by atoms with E-state index in [4.69, 9.17) is 14.1 Å². The third-order valence-electron chi connectivity index (χ3n) is 4.84. The average molecular weight is 435 g/mol. The number of benzene rings is 2. The van der Waals surface area contributed by atoms with Crippen LogP contribution in [0.1, 0.15) is 56.0 Å². The van der Waals surface area contributed by atoms with E-state index in [1.54, 1.807) is 6.20 Å². The van der Waals surface area contributed by atoms with Crippen LogP contribution >= 0.6 is 0 Å². The fourth-order valence-electron chi connectivity index (χ4n) is 3.09. The van der Waals surface area contributed by atoms with Crippen molar-refractivity contribution in [2.45, 2.75) is 59.4 Å². The van der Waals surface area contributed by atoms with Crippen LogP contribution in [-0.2, 0) is 36.5 Å². The van der Waals surface area contributed by atoms with Crippen LogP contribution in [0.2, 0.25) is 0 Å². The molecular weight excluding hydrogens is 400 g/mol. The van der Waals surface area contributed by atoms with Crippen molar-refractivity contribution in [1.29, 1.82) is 0 Å². The van der Waals surface area contributed by atoms with Gasteiger partial charge in [0.1, 0.15) is 5.76 Å². The van der Waals surface area contributed by atoms with Crippen LogP contribution in [0.15, 0.2) is 70.2 Å². The number of nitrogens with zero attached hydrogens (tertiary/aromatic N) is 2. The van der Waals surface area contributed by atoms with Crippen molar-refractivity contribution in [1.82, 2.24) is 15.6 Å². The fraction of sp³-hybridized carbons (Fsp3) is 0.385. The largest absolute Gasteiger partial charge is 0.443 e. The first-order chi connectivity index (χ1) is 15.4. The third kappa shape index (κ3) is 7.54. The Morgan fingerprint density at radius 2 is 1.69 bits per heavy atom. The molecule has 3 aromatic rings. The Morgan fingerprint density at radius 3 is 2.41 bits per heavy atom. The van der Waals surface area contributed by atoms with E-state index in [1.807, 2.05) is 31.2 Å². The van der Waals surface area contributed by atoms with Crippen molar-refractivity contribution in [2.24, 2.45) is 4.99 Å². The zero-order valence-corrected chi connectivity index (χ0v) is 19.5. The van der Waals surface area contributed by atoms with Gasteiger partial charge in [0.15, 0.2) is 5.96 Å². The Labute approximate surface area is 191 Å². The van der Waals surface area contributed by atoms with Gasteiger partial charge in [-0.05, 0) is 23.6 Å². The normalized spacial score (nSPS) is 12.1. The highest BCUT2D eigenvalue weighted by Gasteiger charge is 2.19. The molecular formula is C26H34N4O2. The molecule has 32 heavy (non-hydrogen) atoms. The monoisotopic (exact) mass is 434 g/mol. The molecule has 0 aliphatic rings. The minimum absolute atomic E-state index is 0.0559. The summed E-state index contributed by atoms with van der Waals surface area (Å²) in [6.45, 7) is 11.4. The molecule has 0 aliphatic carbocycles. The zero-order valence-electron chi connectivity index (χ0n) is 19.5. The summed E-state index contributed by atoms with van der Waals surface area (Å²) >= 11 is 0. The van der Waals surface area contributed by atoms with Crippen LogP contribution in [0.4, 0.5) is 0 Å². The summed E-state index contributed by atoms with van der Waals surface area (Å²) in [5.74, 6) is 2.26. The lowest BCUT2D eigenvalue weighted by molar-refractivity contribution is 0.107. The number of nitrogens with one attached hydrogen (secondary N) is 2. The maximum Gasteiger partial charge on any atom is 0.213 e. The highest BCUT2D eigenvalue weighted by molar-refractivity contribution is 5.79. The van der Waals surface area contributed by atoms with Crippen molar-refractivity contribution in [2.75, 3.05) is 6.54 Å². The van der Waals surface area contributed by atoms with E-state index in [0.717, 1.165) is 29.4 Å². The van der Waals surface area contributed by atoms with Crippen LogP contribution in [0.3, 0.4) is 0 Å². The standard InChI is InChI=1S/C26H34N4O2/c1-5-27-25(30-17-24-28-16-23(32-24)26(2,3)4)29-15-21-12-9-13-22(14-21)19-31-18-20-10-7-6-8-11-20/h6-14,16H,5,15,17-19H2,1-4H3,(H2,27,29,30). The van der Waals surface area contributed by atoms with Crippen molar-refractivity contribution >= 4 is 5.96 Å². The Kier molecular flexibility index (Phi) is 8.45. The lowest BCUT2D eigenvalue weighted by Crippen LogP contribution is -2.36. The topological polar surface area (TPSA) is 71.7 Å². The minimum atomic E-state index is -0.0559. The van der Waals surface area contributed by atoms with Gasteiger partial charge >= 0.3 is 0 Å². The number of aliphatic imine (C=N–C) groups is 1. The minimum Gasteiger partial charge on any atom is -0.443 e. The molecule has 0 fully saturated rings. The van der Waals surface area contributed by atoms with Crippen molar-refractivity contribution in [3.8, 4) is 0 Å². The molecule has 3 rings (SSSR count). The van der Waals surface area contributed by atoms with Crippen molar-refractivity contribution in [3.05, 3.63) is 89.1 Å². The van der Waals surface area contributed by atoms with E-state index in [-0.39, 0.29) is 5.41 Å². The number of oxazole rings is 1. The third-order valence-corrected chi connectivity index (χ3v) is 4.84. The van der Waals surface area contributed by atoms with E-state index in [0.29, 0.717) is 32.2 Å². The molecule has 0 bridgehead atoms. The molecule has 0 aliphatic heterocycles. The van der Waals surface area contributed by atoms with Gasteiger partial charge in [-0.2, -0.15) is 0 Å². The molecule has 0 spiro atoms. The molecule has 170 valence electrons. The summed E-state index contributed by atoms with van der Waals surface area (Å²) in [6, 6.07) is 18.6. The lowest BCUT2D eigenvalue weighted by Gasteiger charge is -2.13. The highest BCUT2D eigenvalue weighted by Crippen LogP contribution is 2.22. The second-order valence-corrected chi connectivity index (χ2v) is 8.72. The summed E-state index contributed by atoms with van der Waals surface area (Å²) in [7, 11) is 0. The van der Waals surface area contributed by atoms with E-state index in [1.165, 1.54) is 5.56 Å². The van der Waals surface area contributed by atoms with Crippen molar-refractivity contribution < 1.29 is 9.15 Å². The first-order valence-corrected chi connectivity index (χ1v) is 11.1. The number of guanidine groups is 1. The SMILES string of the molecule is CCNC(=NCc1cccc(COCc2ccccc2)c1)NCc1ncc(C(C)(C)C)o1. The maximum absolute atomic E-state index is 5.86.